The number of nitrogen functional groups attached to an aromatic ring is 1. The maximum absolute atomic E-state index is 12.2. The summed E-state index contributed by atoms with van der Waals surface area (Å²) in [7, 11) is 1.78. The molecule has 92 valence electrons. The number of nitrogens with two attached hydrogens (primary N) is 1. The molecule has 1 aromatic rings. The van der Waals surface area contributed by atoms with Crippen LogP contribution in [-0.4, -0.2) is 31.1 Å². The van der Waals surface area contributed by atoms with Gasteiger partial charge in [-0.1, -0.05) is 12.1 Å². The van der Waals surface area contributed by atoms with E-state index in [1.807, 2.05) is 29.2 Å². The van der Waals surface area contributed by atoms with E-state index in [2.05, 4.69) is 0 Å². The number of hydrogen-bond donors (Lipinski definition) is 1. The minimum absolute atomic E-state index is 0.0441. The summed E-state index contributed by atoms with van der Waals surface area (Å²) in [5.41, 5.74) is 7.30. The molecule has 1 aliphatic heterocycles. The lowest BCUT2D eigenvalue weighted by atomic mass is 10.1. The van der Waals surface area contributed by atoms with Gasteiger partial charge in [0, 0.05) is 20.1 Å². The number of para-hydroxylation sites is 2. The molecule has 1 heterocycles. The van der Waals surface area contributed by atoms with Crippen LogP contribution in [0, 0.1) is 0 Å². The van der Waals surface area contributed by atoms with Crippen LogP contribution in [0.4, 0.5) is 16.2 Å². The average Bonchev–Trinajstić information content (AvgIpc) is 2.39. The molecule has 0 aromatic heterocycles. The summed E-state index contributed by atoms with van der Waals surface area (Å²) < 4.78 is 0. The first-order valence-corrected chi connectivity index (χ1v) is 6.07. The lowest BCUT2D eigenvalue weighted by Gasteiger charge is -2.31. The van der Waals surface area contributed by atoms with Crippen LogP contribution in [0.25, 0.3) is 0 Å². The van der Waals surface area contributed by atoms with E-state index in [0.29, 0.717) is 5.69 Å². The Balaban J connectivity index is 2.11. The number of urea groups is 1. The Morgan fingerprint density at radius 1 is 1.24 bits per heavy atom. The van der Waals surface area contributed by atoms with Crippen molar-refractivity contribution in [3.05, 3.63) is 24.3 Å². The van der Waals surface area contributed by atoms with E-state index in [1.165, 1.54) is 6.42 Å². The van der Waals surface area contributed by atoms with Gasteiger partial charge in [0.25, 0.3) is 0 Å². The highest BCUT2D eigenvalue weighted by molar-refractivity contribution is 5.94. The first kappa shape index (κ1) is 11.8. The molecule has 1 saturated heterocycles. The van der Waals surface area contributed by atoms with Crippen molar-refractivity contribution in [1.29, 1.82) is 0 Å². The molecule has 4 heteroatoms. The SMILES string of the molecule is CN(C(=O)N1CCCCC1)c1ccccc1N. The molecule has 2 rings (SSSR count). The van der Waals surface area contributed by atoms with Crippen LogP contribution in [-0.2, 0) is 0 Å². The molecular weight excluding hydrogens is 214 g/mol. The number of benzene rings is 1. The molecule has 0 aliphatic carbocycles. The number of piperidine rings is 1. The maximum atomic E-state index is 12.2. The molecule has 0 bridgehead atoms. The average molecular weight is 233 g/mol. The van der Waals surface area contributed by atoms with Gasteiger partial charge in [0.1, 0.15) is 0 Å². The van der Waals surface area contributed by atoms with E-state index < -0.39 is 0 Å². The second kappa shape index (κ2) is 5.08. The highest BCUT2D eigenvalue weighted by Gasteiger charge is 2.21. The van der Waals surface area contributed by atoms with Gasteiger partial charge in [0.15, 0.2) is 0 Å². The number of rotatable bonds is 1. The fourth-order valence-corrected chi connectivity index (χ4v) is 2.19. The van der Waals surface area contributed by atoms with Crippen LogP contribution in [0.3, 0.4) is 0 Å². The van der Waals surface area contributed by atoms with Crippen LogP contribution in [0.1, 0.15) is 19.3 Å². The van der Waals surface area contributed by atoms with Crippen molar-refractivity contribution < 1.29 is 4.79 Å². The zero-order valence-electron chi connectivity index (χ0n) is 10.2. The molecule has 0 unspecified atom stereocenters. The normalized spacial score (nSPS) is 15.7. The smallest absolute Gasteiger partial charge is 0.324 e. The highest BCUT2D eigenvalue weighted by atomic mass is 16.2. The topological polar surface area (TPSA) is 49.6 Å². The first-order valence-electron chi connectivity index (χ1n) is 6.07. The zero-order chi connectivity index (χ0) is 12.3. The summed E-state index contributed by atoms with van der Waals surface area (Å²) in [6.45, 7) is 1.71. The number of nitrogens with zero attached hydrogens (tertiary/aromatic N) is 2. The van der Waals surface area contributed by atoms with Crippen molar-refractivity contribution in [3.63, 3.8) is 0 Å². The minimum atomic E-state index is 0.0441. The Kier molecular flexibility index (Phi) is 3.52. The Bertz CT molecular complexity index is 399. The van der Waals surface area contributed by atoms with E-state index >= 15 is 0 Å². The second-order valence-corrected chi connectivity index (χ2v) is 4.45. The molecule has 0 spiro atoms. The third-order valence-corrected chi connectivity index (χ3v) is 3.21. The van der Waals surface area contributed by atoms with Crippen LogP contribution in [0.2, 0.25) is 0 Å². The van der Waals surface area contributed by atoms with Crippen molar-refractivity contribution in [2.45, 2.75) is 19.3 Å². The summed E-state index contributed by atoms with van der Waals surface area (Å²) in [5, 5.41) is 0. The fourth-order valence-electron chi connectivity index (χ4n) is 2.19. The predicted molar refractivity (Wildman–Crippen MR) is 70.1 cm³/mol. The van der Waals surface area contributed by atoms with Gasteiger partial charge >= 0.3 is 6.03 Å². The molecule has 17 heavy (non-hydrogen) atoms. The van der Waals surface area contributed by atoms with Gasteiger partial charge in [0.2, 0.25) is 0 Å². The zero-order valence-corrected chi connectivity index (χ0v) is 10.2. The van der Waals surface area contributed by atoms with Gasteiger partial charge in [-0.05, 0) is 31.4 Å². The number of likely N-dealkylation sites (tertiary alicyclic amines) is 1. The maximum Gasteiger partial charge on any atom is 0.324 e. The fraction of sp³-hybridized carbons (Fsp3) is 0.462. The van der Waals surface area contributed by atoms with Crippen LogP contribution in [0.5, 0.6) is 0 Å². The second-order valence-electron chi connectivity index (χ2n) is 4.45. The monoisotopic (exact) mass is 233 g/mol. The Morgan fingerprint density at radius 2 is 1.88 bits per heavy atom. The molecular formula is C13H19N3O. The number of carbonyl (C=O) groups is 1. The molecule has 0 radical (unpaired) electrons. The molecule has 1 fully saturated rings. The number of hydrogen-bond acceptors (Lipinski definition) is 2. The van der Waals surface area contributed by atoms with Gasteiger partial charge in [0.05, 0.1) is 11.4 Å². The van der Waals surface area contributed by atoms with Crippen LogP contribution in [0.15, 0.2) is 24.3 Å². The lowest BCUT2D eigenvalue weighted by Crippen LogP contribution is -2.44. The summed E-state index contributed by atoms with van der Waals surface area (Å²) in [4.78, 5) is 15.8. The summed E-state index contributed by atoms with van der Waals surface area (Å²) >= 11 is 0. The van der Waals surface area contributed by atoms with Crippen molar-refractivity contribution in [2.75, 3.05) is 30.8 Å². The van der Waals surface area contributed by atoms with E-state index in [0.717, 1.165) is 31.6 Å². The van der Waals surface area contributed by atoms with Crippen molar-refractivity contribution >= 4 is 17.4 Å². The van der Waals surface area contributed by atoms with E-state index in [-0.39, 0.29) is 6.03 Å². The molecule has 1 aromatic carbocycles. The van der Waals surface area contributed by atoms with Crippen LogP contribution >= 0.6 is 0 Å². The van der Waals surface area contributed by atoms with Gasteiger partial charge in [-0.3, -0.25) is 4.90 Å². The summed E-state index contributed by atoms with van der Waals surface area (Å²) in [6, 6.07) is 7.50. The molecule has 0 saturated carbocycles. The minimum Gasteiger partial charge on any atom is -0.397 e. The third kappa shape index (κ3) is 2.52. The molecule has 2 amide bonds. The third-order valence-electron chi connectivity index (χ3n) is 3.21. The van der Waals surface area contributed by atoms with Crippen molar-refractivity contribution in [3.8, 4) is 0 Å². The van der Waals surface area contributed by atoms with Gasteiger partial charge in [-0.25, -0.2) is 4.79 Å². The summed E-state index contributed by atoms with van der Waals surface area (Å²) in [5.74, 6) is 0. The Hall–Kier alpha value is -1.71. The molecule has 4 nitrogen and oxygen atoms in total. The predicted octanol–water partition coefficient (Wildman–Crippen LogP) is 2.31. The van der Waals surface area contributed by atoms with Gasteiger partial charge in [-0.15, -0.1) is 0 Å². The summed E-state index contributed by atoms with van der Waals surface area (Å²) in [6.07, 6.45) is 3.43. The first-order chi connectivity index (χ1) is 8.20. The van der Waals surface area contributed by atoms with Crippen molar-refractivity contribution in [2.24, 2.45) is 0 Å². The highest BCUT2D eigenvalue weighted by Crippen LogP contribution is 2.23. The largest absolute Gasteiger partial charge is 0.397 e. The van der Waals surface area contributed by atoms with E-state index in [9.17, 15) is 4.79 Å². The van der Waals surface area contributed by atoms with E-state index in [1.54, 1.807) is 11.9 Å². The lowest BCUT2D eigenvalue weighted by molar-refractivity contribution is 0.194. The standard InChI is InChI=1S/C13H19N3O/c1-15(12-8-4-3-7-11(12)14)13(17)16-9-5-2-6-10-16/h3-4,7-8H,2,5-6,9-10,14H2,1H3. The van der Waals surface area contributed by atoms with Gasteiger partial charge in [-0.2, -0.15) is 0 Å². The number of carbonyl (C=O) groups excluding carboxylic acids is 1. The number of amides is 2. The van der Waals surface area contributed by atoms with Crippen molar-refractivity contribution in [1.82, 2.24) is 4.90 Å². The molecule has 0 atom stereocenters. The number of anilines is 2. The quantitative estimate of drug-likeness (QED) is 0.757. The Morgan fingerprint density at radius 3 is 2.53 bits per heavy atom. The molecule has 1 aliphatic rings. The van der Waals surface area contributed by atoms with E-state index in [4.69, 9.17) is 5.73 Å². The molecule has 2 N–H and O–H groups in total. The van der Waals surface area contributed by atoms with Crippen LogP contribution < -0.4 is 10.6 Å². The van der Waals surface area contributed by atoms with Gasteiger partial charge < -0.3 is 10.6 Å². The Labute approximate surface area is 102 Å².